The second-order valence-corrected chi connectivity index (χ2v) is 9.99. The SMILES string of the molecule is Fc1c(F)c(F)c(C#Cc2c(F)c(F)c(-c3c(F)c(F)c(C#Cc4c(F)c(F)c(F)c(F)c4F)c(F)c3Br)c(Br)c2F)c(F)c1F. The molecule has 4 aromatic carbocycles. The topological polar surface area (TPSA) is 0 Å². The Morgan fingerprint density at radius 2 is 0.413 bits per heavy atom. The fraction of sp³-hybridized carbons (Fsp3) is 0. The van der Waals surface area contributed by atoms with Crippen molar-refractivity contribution >= 4 is 31.9 Å². The highest BCUT2D eigenvalue weighted by molar-refractivity contribution is 9.11. The molecule has 0 amide bonds. The van der Waals surface area contributed by atoms with Gasteiger partial charge in [0.05, 0.1) is 8.95 Å². The Labute approximate surface area is 260 Å². The van der Waals surface area contributed by atoms with Gasteiger partial charge in [-0.15, -0.1) is 0 Å². The van der Waals surface area contributed by atoms with Gasteiger partial charge in [0.25, 0.3) is 0 Å². The normalized spacial score (nSPS) is 10.9. The predicted octanol–water partition coefficient (Wildman–Crippen LogP) is 9.90. The first-order valence-electron chi connectivity index (χ1n) is 11.2. The summed E-state index contributed by atoms with van der Waals surface area (Å²) < 4.78 is 223. The van der Waals surface area contributed by atoms with E-state index in [-0.39, 0.29) is 0 Å². The minimum atomic E-state index is -2.60. The van der Waals surface area contributed by atoms with Gasteiger partial charge in [0, 0.05) is 11.1 Å². The van der Waals surface area contributed by atoms with E-state index in [4.69, 9.17) is 0 Å². The summed E-state index contributed by atoms with van der Waals surface area (Å²) >= 11 is 4.72. The van der Waals surface area contributed by atoms with Gasteiger partial charge < -0.3 is 0 Å². The highest BCUT2D eigenvalue weighted by Gasteiger charge is 2.32. The third-order valence-corrected chi connectivity index (χ3v) is 7.31. The van der Waals surface area contributed by atoms with Gasteiger partial charge in [0.2, 0.25) is 11.6 Å². The molecule has 0 saturated heterocycles. The molecule has 0 aliphatic heterocycles. The largest absolute Gasteiger partial charge is 0.204 e. The summed E-state index contributed by atoms with van der Waals surface area (Å²) in [6, 6.07) is 0. The number of benzene rings is 4. The summed E-state index contributed by atoms with van der Waals surface area (Å²) in [6.07, 6.45) is 0. The molecule has 0 nitrogen and oxygen atoms in total. The Kier molecular flexibility index (Phi) is 9.48. The molecule has 0 radical (unpaired) electrons. The average molecular weight is 800 g/mol. The van der Waals surface area contributed by atoms with Crippen LogP contribution in [0.25, 0.3) is 11.1 Å². The first-order chi connectivity index (χ1) is 21.4. The van der Waals surface area contributed by atoms with E-state index in [1.165, 1.54) is 23.7 Å². The lowest BCUT2D eigenvalue weighted by Gasteiger charge is -2.15. The maximum Gasteiger partial charge on any atom is 0.200 e. The van der Waals surface area contributed by atoms with Crippen molar-refractivity contribution in [2.24, 2.45) is 0 Å². The third kappa shape index (κ3) is 5.37. The molecule has 238 valence electrons. The fourth-order valence-corrected chi connectivity index (χ4v) is 4.74. The predicted molar refractivity (Wildman–Crippen MR) is 131 cm³/mol. The summed E-state index contributed by atoms with van der Waals surface area (Å²) in [5.74, 6) is -33.8. The molecule has 0 N–H and O–H groups in total. The number of halogens is 18. The molecule has 0 saturated carbocycles. The second-order valence-electron chi connectivity index (χ2n) is 8.40. The van der Waals surface area contributed by atoms with Gasteiger partial charge in [-0.2, -0.15) is 0 Å². The third-order valence-electron chi connectivity index (χ3n) is 5.82. The molecule has 0 aliphatic carbocycles. The lowest BCUT2D eigenvalue weighted by Crippen LogP contribution is -2.07. The molecule has 0 spiro atoms. The lowest BCUT2D eigenvalue weighted by atomic mass is 9.98. The van der Waals surface area contributed by atoms with Gasteiger partial charge in [-0.05, 0) is 31.9 Å². The summed E-state index contributed by atoms with van der Waals surface area (Å²) in [7, 11) is 0. The summed E-state index contributed by atoms with van der Waals surface area (Å²) in [6.45, 7) is 0. The van der Waals surface area contributed by atoms with E-state index >= 15 is 17.6 Å². The van der Waals surface area contributed by atoms with Gasteiger partial charge in [-0.1, -0.05) is 23.7 Å². The molecule has 0 atom stereocenters. The van der Waals surface area contributed by atoms with E-state index in [0.717, 1.165) is 0 Å². The van der Waals surface area contributed by atoms with Crippen LogP contribution in [0.15, 0.2) is 8.95 Å². The van der Waals surface area contributed by atoms with Crippen LogP contribution in [0, 0.1) is 117 Å². The van der Waals surface area contributed by atoms with Crippen molar-refractivity contribution in [3.8, 4) is 34.8 Å². The maximum atomic E-state index is 15.1. The van der Waals surface area contributed by atoms with E-state index in [1.54, 1.807) is 0 Å². The van der Waals surface area contributed by atoms with Crippen molar-refractivity contribution in [2.45, 2.75) is 0 Å². The standard InChI is InChI=1S/C28Br2F16/c29-11-9(21(39)15(33)5(13(11)31)1-3-7-17(35)23(41)27(45)24(42)18(7)36)10-12(30)14(32)6(16(34)22(10)40)2-4-8-19(37)25(43)28(46)26(44)20(8)38. The van der Waals surface area contributed by atoms with Crippen LogP contribution in [0.1, 0.15) is 22.3 Å². The Balaban J connectivity index is 1.93. The minimum Gasteiger partial charge on any atom is -0.204 e. The van der Waals surface area contributed by atoms with Crippen LogP contribution in [-0.2, 0) is 0 Å². The van der Waals surface area contributed by atoms with Gasteiger partial charge in [0.1, 0.15) is 22.3 Å². The van der Waals surface area contributed by atoms with Crippen molar-refractivity contribution in [1.82, 2.24) is 0 Å². The number of hydrogen-bond donors (Lipinski definition) is 0. The number of hydrogen-bond acceptors (Lipinski definition) is 0. The van der Waals surface area contributed by atoms with Crippen LogP contribution in [0.2, 0.25) is 0 Å². The minimum absolute atomic E-state index is 1.24. The first-order valence-corrected chi connectivity index (χ1v) is 12.7. The smallest absolute Gasteiger partial charge is 0.200 e. The quantitative estimate of drug-likeness (QED) is 0.0779. The van der Waals surface area contributed by atoms with Crippen molar-refractivity contribution in [3.63, 3.8) is 0 Å². The molecule has 0 aromatic heterocycles. The summed E-state index contributed by atoms with van der Waals surface area (Å²) in [5, 5.41) is 0. The van der Waals surface area contributed by atoms with Crippen molar-refractivity contribution in [1.29, 1.82) is 0 Å². The Hall–Kier alpha value is -4.16. The second kappa shape index (κ2) is 12.6. The molecule has 18 heteroatoms. The summed E-state index contributed by atoms with van der Waals surface area (Å²) in [5.41, 5.74) is -10.5. The summed E-state index contributed by atoms with van der Waals surface area (Å²) in [4.78, 5) is 0. The number of rotatable bonds is 1. The van der Waals surface area contributed by atoms with E-state index in [0.29, 0.717) is 0 Å². The zero-order valence-electron chi connectivity index (χ0n) is 20.8. The van der Waals surface area contributed by atoms with E-state index in [2.05, 4.69) is 31.9 Å². The molecule has 4 rings (SSSR count). The molecule has 0 unspecified atom stereocenters. The zero-order chi connectivity index (χ0) is 34.7. The Morgan fingerprint density at radius 3 is 0.652 bits per heavy atom. The lowest BCUT2D eigenvalue weighted by molar-refractivity contribution is 0.376. The molecule has 0 aliphatic rings. The van der Waals surface area contributed by atoms with Gasteiger partial charge >= 0.3 is 0 Å². The Bertz CT molecular complexity index is 1880. The van der Waals surface area contributed by atoms with Crippen molar-refractivity contribution in [2.75, 3.05) is 0 Å². The fourth-order valence-electron chi connectivity index (χ4n) is 3.60. The molecule has 0 heterocycles. The zero-order valence-corrected chi connectivity index (χ0v) is 24.0. The molecular formula is C28Br2F16. The van der Waals surface area contributed by atoms with Gasteiger partial charge in [-0.3, -0.25) is 0 Å². The van der Waals surface area contributed by atoms with Crippen LogP contribution in [0.5, 0.6) is 0 Å². The first kappa shape index (κ1) is 34.7. The highest BCUT2D eigenvalue weighted by Crippen LogP contribution is 2.43. The van der Waals surface area contributed by atoms with Crippen LogP contribution in [0.3, 0.4) is 0 Å². The van der Waals surface area contributed by atoms with Crippen LogP contribution in [-0.4, -0.2) is 0 Å². The monoisotopic (exact) mass is 798 g/mol. The average Bonchev–Trinajstić information content (AvgIpc) is 3.03. The molecule has 0 fully saturated rings. The highest BCUT2D eigenvalue weighted by atomic mass is 79.9. The van der Waals surface area contributed by atoms with Gasteiger partial charge in [-0.25, -0.2) is 70.2 Å². The molecular weight excluding hydrogens is 800 g/mol. The molecule has 0 bridgehead atoms. The molecule has 46 heavy (non-hydrogen) atoms. The van der Waals surface area contributed by atoms with Crippen LogP contribution < -0.4 is 0 Å². The van der Waals surface area contributed by atoms with E-state index in [9.17, 15) is 52.7 Å². The maximum absolute atomic E-state index is 15.1. The van der Waals surface area contributed by atoms with Crippen molar-refractivity contribution in [3.05, 3.63) is 124 Å². The van der Waals surface area contributed by atoms with E-state index in [1.807, 2.05) is 0 Å². The van der Waals surface area contributed by atoms with Crippen LogP contribution >= 0.6 is 31.9 Å². The molecule has 4 aromatic rings. The Morgan fingerprint density at radius 1 is 0.239 bits per heavy atom. The van der Waals surface area contributed by atoms with Gasteiger partial charge in [0.15, 0.2) is 81.4 Å². The van der Waals surface area contributed by atoms with Crippen LogP contribution in [0.4, 0.5) is 70.2 Å². The van der Waals surface area contributed by atoms with Crippen molar-refractivity contribution < 1.29 is 70.2 Å². The van der Waals surface area contributed by atoms with E-state index < -0.39 is 135 Å².